The Kier molecular flexibility index (Phi) is 6.82. The predicted octanol–water partition coefficient (Wildman–Crippen LogP) is 5.31. The lowest BCUT2D eigenvalue weighted by molar-refractivity contribution is 0.165. The van der Waals surface area contributed by atoms with E-state index in [2.05, 4.69) is 28.9 Å². The average molecular weight is 477 g/mol. The molecule has 0 aliphatic carbocycles. The van der Waals surface area contributed by atoms with E-state index in [4.69, 9.17) is 4.74 Å². The summed E-state index contributed by atoms with van der Waals surface area (Å²) in [6.07, 6.45) is 1.76. The molecule has 3 atom stereocenters. The Morgan fingerprint density at radius 3 is 2.43 bits per heavy atom. The Balaban J connectivity index is 1.35. The van der Waals surface area contributed by atoms with E-state index in [0.29, 0.717) is 6.61 Å². The minimum Gasteiger partial charge on any atom is -0.508 e. The molecule has 5 nitrogen and oxygen atoms in total. The van der Waals surface area contributed by atoms with Gasteiger partial charge >= 0.3 is 0 Å². The van der Waals surface area contributed by atoms with Gasteiger partial charge in [0.15, 0.2) is 0 Å². The number of phenolic OH excluding ortho intramolecular Hbond substituents is 2. The number of hydrogen-bond acceptors (Lipinski definition) is 5. The van der Waals surface area contributed by atoms with Crippen LogP contribution >= 0.6 is 0 Å². The smallest absolute Gasteiger partial charge is 0.119 e. The second-order valence-corrected chi connectivity index (χ2v) is 9.78. The molecule has 1 saturated heterocycles. The fourth-order valence-corrected chi connectivity index (χ4v) is 5.35. The van der Waals surface area contributed by atoms with Gasteiger partial charge in [-0.25, -0.2) is 0 Å². The molecule has 1 fully saturated rings. The molecule has 3 aromatic carbocycles. The van der Waals surface area contributed by atoms with Gasteiger partial charge in [-0.1, -0.05) is 18.2 Å². The molecule has 0 amide bonds. The molecule has 0 bridgehead atoms. The van der Waals surface area contributed by atoms with Crippen LogP contribution in [0.3, 0.4) is 0 Å². The maximum Gasteiger partial charge on any atom is 0.119 e. The number of phenols is 2. The lowest BCUT2D eigenvalue weighted by atomic mass is 9.87. The van der Waals surface area contributed by atoms with Crippen molar-refractivity contribution in [1.82, 2.24) is 4.90 Å². The molecular weight excluding hydrogens is 443 g/mol. The summed E-state index contributed by atoms with van der Waals surface area (Å²) in [4.78, 5) is 4.65. The van der Waals surface area contributed by atoms with Crippen LogP contribution in [0.2, 0.25) is 0 Å². The van der Waals surface area contributed by atoms with Crippen LogP contribution in [-0.4, -0.2) is 54.1 Å². The third-order valence-electron chi connectivity index (χ3n) is 7.38. The van der Waals surface area contributed by atoms with Crippen molar-refractivity contribution in [1.29, 1.82) is 0 Å². The number of nitrogens with zero attached hydrogens (tertiary/aromatic N) is 2. The van der Waals surface area contributed by atoms with Crippen molar-refractivity contribution in [2.45, 2.75) is 31.8 Å². The summed E-state index contributed by atoms with van der Waals surface area (Å²) >= 11 is 0. The van der Waals surface area contributed by atoms with E-state index in [1.165, 1.54) is 5.56 Å². The molecule has 6 heteroatoms. The molecule has 2 heterocycles. The second-order valence-electron chi connectivity index (χ2n) is 9.78. The van der Waals surface area contributed by atoms with Crippen molar-refractivity contribution in [3.8, 4) is 17.2 Å². The highest BCUT2D eigenvalue weighted by Gasteiger charge is 2.30. The summed E-state index contributed by atoms with van der Waals surface area (Å²) in [7, 11) is 0. The average Bonchev–Trinajstić information content (AvgIpc) is 3.37. The summed E-state index contributed by atoms with van der Waals surface area (Å²) < 4.78 is 19.0. The standard InChI is InChI=1S/C29H33FN2O3/c1-20(31-14-12-21(17-30)18-31)19-35-27-9-2-22(3-10-27)29-28-11-8-26(34)16-23(28)13-15-32(29)24-4-6-25(33)7-5-24/h2-11,16,20-21,29,33-34H,12-15,17-19H2,1H3/t20-,21-,29+/m0/s1. The molecule has 2 N–H and O–H groups in total. The van der Waals surface area contributed by atoms with Gasteiger partial charge in [0.25, 0.3) is 0 Å². The van der Waals surface area contributed by atoms with Crippen LogP contribution in [0.1, 0.15) is 36.1 Å². The van der Waals surface area contributed by atoms with Gasteiger partial charge in [0.05, 0.1) is 12.7 Å². The molecule has 2 aliphatic rings. The number of anilines is 1. The number of rotatable bonds is 7. The number of ether oxygens (including phenoxy) is 1. The Morgan fingerprint density at radius 2 is 1.71 bits per heavy atom. The van der Waals surface area contributed by atoms with Crippen molar-refractivity contribution in [2.24, 2.45) is 5.92 Å². The quantitative estimate of drug-likeness (QED) is 0.484. The predicted molar refractivity (Wildman–Crippen MR) is 136 cm³/mol. The fraction of sp³-hybridized carbons (Fsp3) is 0.379. The largest absolute Gasteiger partial charge is 0.508 e. The molecule has 0 aromatic heterocycles. The normalized spacial score (nSPS) is 21.0. The molecule has 0 unspecified atom stereocenters. The first-order chi connectivity index (χ1) is 17.0. The third-order valence-corrected chi connectivity index (χ3v) is 7.38. The maximum absolute atomic E-state index is 13.0. The van der Waals surface area contributed by atoms with E-state index in [1.807, 2.05) is 36.4 Å². The number of aromatic hydroxyl groups is 2. The zero-order valence-corrected chi connectivity index (χ0v) is 20.1. The van der Waals surface area contributed by atoms with Crippen LogP contribution < -0.4 is 9.64 Å². The lowest BCUT2D eigenvalue weighted by Crippen LogP contribution is -2.36. The molecule has 184 valence electrons. The van der Waals surface area contributed by atoms with Crippen molar-refractivity contribution >= 4 is 5.69 Å². The summed E-state index contributed by atoms with van der Waals surface area (Å²) in [6.45, 7) is 5.02. The topological polar surface area (TPSA) is 56.2 Å². The summed E-state index contributed by atoms with van der Waals surface area (Å²) in [5, 5.41) is 19.8. The van der Waals surface area contributed by atoms with Gasteiger partial charge in [-0.3, -0.25) is 9.29 Å². The number of benzene rings is 3. The Bertz CT molecular complexity index is 1140. The van der Waals surface area contributed by atoms with Crippen molar-refractivity contribution in [3.63, 3.8) is 0 Å². The van der Waals surface area contributed by atoms with Crippen molar-refractivity contribution in [3.05, 3.63) is 83.4 Å². The van der Waals surface area contributed by atoms with E-state index in [1.54, 1.807) is 18.2 Å². The van der Waals surface area contributed by atoms with Crippen LogP contribution in [0.5, 0.6) is 17.2 Å². The first-order valence-corrected chi connectivity index (χ1v) is 12.4. The number of alkyl halides is 1. The number of likely N-dealkylation sites (tertiary alicyclic amines) is 1. The molecule has 2 aliphatic heterocycles. The highest BCUT2D eigenvalue weighted by molar-refractivity contribution is 5.58. The SMILES string of the molecule is C[C@@H](COc1ccc([C@@H]2c3ccc(O)cc3CCN2c2ccc(O)cc2)cc1)N1CC[C@@H](CF)C1. The first-order valence-electron chi connectivity index (χ1n) is 12.4. The van der Waals surface area contributed by atoms with E-state index in [0.717, 1.165) is 55.0 Å². The van der Waals surface area contributed by atoms with Crippen LogP contribution in [0.4, 0.5) is 10.1 Å². The lowest BCUT2D eigenvalue weighted by Gasteiger charge is -2.39. The minimum absolute atomic E-state index is 0.0147. The zero-order valence-electron chi connectivity index (χ0n) is 20.1. The highest BCUT2D eigenvalue weighted by atomic mass is 19.1. The number of halogens is 1. The summed E-state index contributed by atoms with van der Waals surface area (Å²) in [5.41, 5.74) is 4.49. The van der Waals surface area contributed by atoms with Crippen LogP contribution in [-0.2, 0) is 6.42 Å². The number of fused-ring (bicyclic) bond motifs is 1. The van der Waals surface area contributed by atoms with Crippen molar-refractivity contribution < 1.29 is 19.3 Å². The Hall–Kier alpha value is -3.25. The van der Waals surface area contributed by atoms with E-state index >= 15 is 0 Å². The van der Waals surface area contributed by atoms with Gasteiger partial charge in [-0.15, -0.1) is 0 Å². The first kappa shape index (κ1) is 23.5. The van der Waals surface area contributed by atoms with Crippen LogP contribution in [0.25, 0.3) is 0 Å². The molecule has 5 rings (SSSR count). The zero-order chi connectivity index (χ0) is 24.4. The third kappa shape index (κ3) is 5.08. The van der Waals surface area contributed by atoms with Gasteiger partial charge in [-0.05, 0) is 91.5 Å². The Labute approximate surface area is 206 Å². The monoisotopic (exact) mass is 476 g/mol. The van der Waals surface area contributed by atoms with Crippen LogP contribution in [0.15, 0.2) is 66.7 Å². The molecule has 0 radical (unpaired) electrons. The Morgan fingerprint density at radius 1 is 0.971 bits per heavy atom. The van der Waals surface area contributed by atoms with Gasteiger partial charge in [-0.2, -0.15) is 0 Å². The van der Waals surface area contributed by atoms with E-state index in [-0.39, 0.29) is 36.2 Å². The van der Waals surface area contributed by atoms with Gasteiger partial charge in [0.2, 0.25) is 0 Å². The van der Waals surface area contributed by atoms with Gasteiger partial charge in [0.1, 0.15) is 23.9 Å². The molecular formula is C29H33FN2O3. The molecule has 3 aromatic rings. The molecule has 0 saturated carbocycles. The van der Waals surface area contributed by atoms with Gasteiger partial charge in [0, 0.05) is 30.7 Å². The van der Waals surface area contributed by atoms with Gasteiger partial charge < -0.3 is 19.8 Å². The van der Waals surface area contributed by atoms with E-state index in [9.17, 15) is 14.6 Å². The maximum atomic E-state index is 13.0. The second kappa shape index (κ2) is 10.2. The molecule has 35 heavy (non-hydrogen) atoms. The highest BCUT2D eigenvalue weighted by Crippen LogP contribution is 2.40. The minimum atomic E-state index is -0.239. The fourth-order valence-electron chi connectivity index (χ4n) is 5.35. The van der Waals surface area contributed by atoms with Crippen LogP contribution in [0, 0.1) is 5.92 Å². The van der Waals surface area contributed by atoms with Crippen molar-refractivity contribution in [2.75, 3.05) is 37.8 Å². The number of hydrogen-bond donors (Lipinski definition) is 2. The summed E-state index contributed by atoms with van der Waals surface area (Å²) in [6, 6.07) is 21.4. The van der Waals surface area contributed by atoms with E-state index < -0.39 is 0 Å². The summed E-state index contributed by atoms with van der Waals surface area (Å²) in [5.74, 6) is 1.51. The molecule has 0 spiro atoms.